The number of hydrogen-bond donors (Lipinski definition) is 7. The van der Waals surface area contributed by atoms with Gasteiger partial charge in [0.2, 0.25) is 6.29 Å². The summed E-state index contributed by atoms with van der Waals surface area (Å²) >= 11 is 0. The number of phenols is 1. The first-order valence-corrected chi connectivity index (χ1v) is 10.5. The summed E-state index contributed by atoms with van der Waals surface area (Å²) in [5.41, 5.74) is -1.57. The van der Waals surface area contributed by atoms with E-state index in [1.807, 2.05) is 0 Å². The van der Waals surface area contributed by atoms with E-state index in [1.54, 1.807) is 0 Å². The van der Waals surface area contributed by atoms with E-state index in [2.05, 4.69) is 0 Å². The molecule has 0 radical (unpaired) electrons. The van der Waals surface area contributed by atoms with Crippen LogP contribution < -0.4 is 0 Å². The van der Waals surface area contributed by atoms with Crippen LogP contribution in [-0.2, 0) is 18.9 Å². The molecule has 3 aliphatic rings. The van der Waals surface area contributed by atoms with Crippen LogP contribution in [0.2, 0.25) is 0 Å². The number of phenolic OH excluding ortho intramolecular Hbond substituents is 1. The van der Waals surface area contributed by atoms with E-state index in [9.17, 15) is 40.5 Å². The molecule has 7 N–H and O–H groups in total. The fourth-order valence-corrected chi connectivity index (χ4v) is 4.28. The topological polar surface area (TPSA) is 196 Å². The number of aromatic hydroxyl groups is 1. The Hall–Kier alpha value is -2.55. The Balaban J connectivity index is 1.54. The molecule has 2 heterocycles. The van der Waals surface area contributed by atoms with Gasteiger partial charge in [0.1, 0.15) is 35.8 Å². The third-order valence-corrected chi connectivity index (χ3v) is 6.18. The summed E-state index contributed by atoms with van der Waals surface area (Å²) in [7, 11) is 0. The average molecular weight is 482 g/mol. The van der Waals surface area contributed by atoms with Crippen LogP contribution in [0.1, 0.15) is 10.4 Å². The van der Waals surface area contributed by atoms with Crippen molar-refractivity contribution < 1.29 is 59.5 Å². The van der Waals surface area contributed by atoms with Crippen LogP contribution in [0.3, 0.4) is 0 Å². The predicted octanol–water partition coefficient (Wildman–Crippen LogP) is -2.12. The van der Waals surface area contributed by atoms with Crippen molar-refractivity contribution in [1.29, 1.82) is 0 Å². The van der Waals surface area contributed by atoms with Gasteiger partial charge in [-0.2, -0.15) is 0 Å². The van der Waals surface area contributed by atoms with Crippen LogP contribution >= 0.6 is 0 Å². The lowest BCUT2D eigenvalue weighted by atomic mass is 9.83. The molecule has 4 rings (SSSR count). The average Bonchev–Trinajstić information content (AvgIpc) is 3.11. The van der Waals surface area contributed by atoms with Crippen molar-refractivity contribution in [3.8, 4) is 5.75 Å². The molecule has 0 bridgehead atoms. The molecule has 2 aliphatic heterocycles. The van der Waals surface area contributed by atoms with Crippen molar-refractivity contribution >= 4 is 5.97 Å². The minimum absolute atomic E-state index is 0.0425. The quantitative estimate of drug-likeness (QED) is 0.172. The smallest absolute Gasteiger partial charge is 0.338 e. The molecule has 1 aromatic rings. The molecule has 1 aliphatic carbocycles. The Bertz CT molecular complexity index is 944. The first-order chi connectivity index (χ1) is 16.2. The third kappa shape index (κ3) is 4.30. The summed E-state index contributed by atoms with van der Waals surface area (Å²) in [6, 6.07) is 5.29. The standard InChI is InChI=1S/C22H26O12/c23-8-11-7-14(33-19(29)10-1-3-12(25)4-2-10)22(30)5-6-31-20(15(11)22)34-21-18(28)17(27)16(26)13(9-24)32-21/h1-7,13-18,20-21,23-28,30H,8-9H2/t13-,14+,15+,16+,17-,18-,20-,21-,22+/m0/s1. The van der Waals surface area contributed by atoms with Crippen molar-refractivity contribution in [3.63, 3.8) is 0 Å². The van der Waals surface area contributed by atoms with E-state index in [1.165, 1.54) is 36.4 Å². The van der Waals surface area contributed by atoms with Gasteiger partial charge in [-0.05, 0) is 42.0 Å². The number of ether oxygens (including phenoxy) is 4. The maximum absolute atomic E-state index is 12.6. The summed E-state index contributed by atoms with van der Waals surface area (Å²) in [6.45, 7) is -1.22. The van der Waals surface area contributed by atoms with Gasteiger partial charge in [0.05, 0.1) is 31.0 Å². The number of fused-ring (bicyclic) bond motifs is 1. The van der Waals surface area contributed by atoms with Gasteiger partial charge in [0, 0.05) is 0 Å². The minimum Gasteiger partial charge on any atom is -0.508 e. The van der Waals surface area contributed by atoms with E-state index in [0.717, 1.165) is 6.26 Å². The molecule has 0 spiro atoms. The second kappa shape index (κ2) is 9.60. The Labute approximate surface area is 193 Å². The highest BCUT2D eigenvalue weighted by Gasteiger charge is 2.57. The zero-order valence-electron chi connectivity index (χ0n) is 17.7. The van der Waals surface area contributed by atoms with E-state index in [-0.39, 0.29) is 16.9 Å². The second-order valence-corrected chi connectivity index (χ2v) is 8.28. The monoisotopic (exact) mass is 482 g/mol. The molecule has 1 saturated heterocycles. The molecule has 9 atom stereocenters. The minimum atomic E-state index is -1.90. The van der Waals surface area contributed by atoms with Gasteiger partial charge < -0.3 is 54.7 Å². The number of hydrogen-bond acceptors (Lipinski definition) is 12. The molecule has 0 aromatic heterocycles. The van der Waals surface area contributed by atoms with Gasteiger partial charge in [-0.3, -0.25) is 0 Å². The lowest BCUT2D eigenvalue weighted by Crippen LogP contribution is -2.61. The Morgan fingerprint density at radius 1 is 1.03 bits per heavy atom. The molecule has 12 heteroatoms. The molecular weight excluding hydrogens is 456 g/mol. The number of benzene rings is 1. The van der Waals surface area contributed by atoms with Gasteiger partial charge in [-0.25, -0.2) is 4.79 Å². The second-order valence-electron chi connectivity index (χ2n) is 8.28. The van der Waals surface area contributed by atoms with E-state index >= 15 is 0 Å². The molecule has 1 aromatic carbocycles. The summed E-state index contributed by atoms with van der Waals surface area (Å²) in [6.07, 6.45) is -6.71. The first kappa shape index (κ1) is 24.6. The maximum atomic E-state index is 12.6. The van der Waals surface area contributed by atoms with E-state index in [4.69, 9.17) is 18.9 Å². The zero-order chi connectivity index (χ0) is 24.6. The normalized spacial score (nSPS) is 39.2. The molecule has 34 heavy (non-hydrogen) atoms. The van der Waals surface area contributed by atoms with Gasteiger partial charge in [0.15, 0.2) is 12.4 Å². The van der Waals surface area contributed by atoms with Crippen molar-refractivity contribution in [2.45, 2.75) is 48.7 Å². The highest BCUT2D eigenvalue weighted by atomic mass is 16.8. The van der Waals surface area contributed by atoms with Crippen LogP contribution in [0.4, 0.5) is 0 Å². The van der Waals surface area contributed by atoms with Gasteiger partial charge >= 0.3 is 5.97 Å². The summed E-state index contributed by atoms with van der Waals surface area (Å²) in [5, 5.41) is 70.3. The van der Waals surface area contributed by atoms with Crippen molar-refractivity contribution in [2.24, 2.45) is 5.92 Å². The van der Waals surface area contributed by atoms with Gasteiger partial charge in [-0.15, -0.1) is 0 Å². The molecule has 0 saturated carbocycles. The van der Waals surface area contributed by atoms with Crippen LogP contribution in [0, 0.1) is 5.92 Å². The lowest BCUT2D eigenvalue weighted by molar-refractivity contribution is -0.344. The highest BCUT2D eigenvalue weighted by molar-refractivity contribution is 5.89. The summed E-state index contributed by atoms with van der Waals surface area (Å²) in [4.78, 5) is 12.6. The van der Waals surface area contributed by atoms with Crippen molar-refractivity contribution in [2.75, 3.05) is 13.2 Å². The highest BCUT2D eigenvalue weighted by Crippen LogP contribution is 2.45. The zero-order valence-corrected chi connectivity index (χ0v) is 17.7. The van der Waals surface area contributed by atoms with Crippen LogP contribution in [-0.4, -0.2) is 104 Å². The summed E-state index contributed by atoms with van der Waals surface area (Å²) < 4.78 is 21.9. The number of carbonyl (C=O) groups excluding carboxylic acids is 1. The number of rotatable bonds is 6. The van der Waals surface area contributed by atoms with Crippen LogP contribution in [0.25, 0.3) is 0 Å². The van der Waals surface area contributed by atoms with Crippen LogP contribution in [0.5, 0.6) is 5.75 Å². The fourth-order valence-electron chi connectivity index (χ4n) is 4.28. The largest absolute Gasteiger partial charge is 0.508 e. The number of aliphatic hydroxyl groups is 6. The van der Waals surface area contributed by atoms with Crippen molar-refractivity contribution in [3.05, 3.63) is 53.8 Å². The van der Waals surface area contributed by atoms with Crippen LogP contribution in [0.15, 0.2) is 48.3 Å². The molecule has 12 nitrogen and oxygen atoms in total. The lowest BCUT2D eigenvalue weighted by Gasteiger charge is -2.44. The van der Waals surface area contributed by atoms with Crippen molar-refractivity contribution in [1.82, 2.24) is 0 Å². The van der Waals surface area contributed by atoms with Gasteiger partial charge in [0.25, 0.3) is 0 Å². The molecule has 186 valence electrons. The predicted molar refractivity (Wildman–Crippen MR) is 110 cm³/mol. The number of esters is 1. The number of carbonyl (C=O) groups is 1. The molecule has 1 fully saturated rings. The maximum Gasteiger partial charge on any atom is 0.338 e. The molecule has 0 amide bonds. The molecular formula is C22H26O12. The Morgan fingerprint density at radius 2 is 1.74 bits per heavy atom. The first-order valence-electron chi connectivity index (χ1n) is 10.5. The Kier molecular flexibility index (Phi) is 6.94. The third-order valence-electron chi connectivity index (χ3n) is 6.18. The SMILES string of the molecule is O=C(O[C@@H]1C=C(CO)[C@@H]2[C@H](O[C@@H]3O[C@@H](CO)[C@@H](O)[C@H](O)[C@@H]3O)OC=C[C@]21O)c1ccc(O)cc1. The van der Waals surface area contributed by atoms with E-state index in [0.29, 0.717) is 0 Å². The Morgan fingerprint density at radius 3 is 2.38 bits per heavy atom. The van der Waals surface area contributed by atoms with Gasteiger partial charge in [-0.1, -0.05) is 0 Å². The number of aliphatic hydroxyl groups excluding tert-OH is 5. The summed E-state index contributed by atoms with van der Waals surface area (Å²) in [5.74, 6) is -1.94. The molecule has 0 unspecified atom stereocenters. The van der Waals surface area contributed by atoms with E-state index < -0.39 is 73.8 Å². The fraction of sp³-hybridized carbons (Fsp3) is 0.500.